The maximum Gasteiger partial charge on any atom is 0.246 e. The van der Waals surface area contributed by atoms with Gasteiger partial charge >= 0.3 is 0 Å². The van der Waals surface area contributed by atoms with Gasteiger partial charge in [-0.1, -0.05) is 0 Å². The summed E-state index contributed by atoms with van der Waals surface area (Å²) < 4.78 is 16.8. The lowest BCUT2D eigenvalue weighted by molar-refractivity contribution is -0.117. The molecule has 1 fully saturated rings. The topological polar surface area (TPSA) is 89.0 Å². The number of anilines is 4. The van der Waals surface area contributed by atoms with Gasteiger partial charge in [-0.2, -0.15) is 4.98 Å². The standard InChI is InChI=1S/C21H25N5O4/c1-13-9-17-18(30-8-7-29-17)10-15(13)23-21-22-11-16-20(24-21)26(12-19(27)25(16)2)14-3-5-28-6-4-14/h9-11,14H,3-8,12H2,1-2H3,(H,22,23,24). The number of hydrogen-bond acceptors (Lipinski definition) is 8. The third-order valence-corrected chi connectivity index (χ3v) is 5.83. The summed E-state index contributed by atoms with van der Waals surface area (Å²) in [6, 6.07) is 4.10. The van der Waals surface area contributed by atoms with E-state index in [0.29, 0.717) is 44.7 Å². The highest BCUT2D eigenvalue weighted by molar-refractivity contribution is 6.02. The van der Waals surface area contributed by atoms with Gasteiger partial charge in [-0.25, -0.2) is 4.98 Å². The average Bonchev–Trinajstić information content (AvgIpc) is 2.77. The molecule has 0 aliphatic carbocycles. The van der Waals surface area contributed by atoms with E-state index in [1.165, 1.54) is 0 Å². The number of ether oxygens (including phenoxy) is 3. The van der Waals surface area contributed by atoms with E-state index in [2.05, 4.69) is 15.2 Å². The van der Waals surface area contributed by atoms with Crippen LogP contribution >= 0.6 is 0 Å². The Labute approximate surface area is 174 Å². The first-order valence-corrected chi connectivity index (χ1v) is 10.3. The number of fused-ring (bicyclic) bond motifs is 2. The van der Waals surface area contributed by atoms with Crippen molar-refractivity contribution in [3.05, 3.63) is 23.9 Å². The molecule has 1 aromatic carbocycles. The van der Waals surface area contributed by atoms with Gasteiger partial charge in [-0.05, 0) is 31.4 Å². The Kier molecular flexibility index (Phi) is 4.82. The molecule has 158 valence electrons. The van der Waals surface area contributed by atoms with E-state index in [1.54, 1.807) is 18.1 Å². The van der Waals surface area contributed by atoms with Gasteiger partial charge in [0.15, 0.2) is 17.3 Å². The highest BCUT2D eigenvalue weighted by Crippen LogP contribution is 2.38. The lowest BCUT2D eigenvalue weighted by Gasteiger charge is -2.40. The van der Waals surface area contributed by atoms with Gasteiger partial charge in [0, 0.05) is 38.1 Å². The van der Waals surface area contributed by atoms with Crippen molar-refractivity contribution in [1.82, 2.24) is 9.97 Å². The molecule has 9 heteroatoms. The number of carbonyl (C=O) groups is 1. The van der Waals surface area contributed by atoms with Crippen molar-refractivity contribution in [3.8, 4) is 11.5 Å². The second kappa shape index (κ2) is 7.64. The third-order valence-electron chi connectivity index (χ3n) is 5.83. The fraction of sp³-hybridized carbons (Fsp3) is 0.476. The molecule has 1 aromatic heterocycles. The minimum Gasteiger partial charge on any atom is -0.486 e. The Morgan fingerprint density at radius 3 is 2.60 bits per heavy atom. The number of carbonyl (C=O) groups excluding carboxylic acids is 1. The predicted octanol–water partition coefficient (Wildman–Crippen LogP) is 2.26. The molecule has 1 N–H and O–H groups in total. The third kappa shape index (κ3) is 3.39. The maximum atomic E-state index is 12.5. The molecule has 30 heavy (non-hydrogen) atoms. The van der Waals surface area contributed by atoms with Gasteiger partial charge in [0.25, 0.3) is 0 Å². The number of benzene rings is 1. The Hall–Kier alpha value is -3.07. The van der Waals surface area contributed by atoms with Crippen molar-refractivity contribution in [2.75, 3.05) is 55.1 Å². The number of likely N-dealkylation sites (N-methyl/N-ethyl adjacent to an activating group) is 1. The summed E-state index contributed by atoms with van der Waals surface area (Å²) in [6.07, 6.45) is 3.47. The molecule has 2 aromatic rings. The molecular weight excluding hydrogens is 386 g/mol. The van der Waals surface area contributed by atoms with E-state index in [9.17, 15) is 4.79 Å². The zero-order valence-electron chi connectivity index (χ0n) is 17.2. The van der Waals surface area contributed by atoms with E-state index in [4.69, 9.17) is 19.2 Å². The normalized spacial score (nSPS) is 18.9. The molecule has 0 atom stereocenters. The van der Waals surface area contributed by atoms with Gasteiger partial charge in [0.1, 0.15) is 18.9 Å². The minimum absolute atomic E-state index is 0.0426. The van der Waals surface area contributed by atoms with E-state index in [0.717, 1.165) is 41.3 Å². The molecule has 4 heterocycles. The largest absolute Gasteiger partial charge is 0.486 e. The second-order valence-electron chi connectivity index (χ2n) is 7.76. The van der Waals surface area contributed by atoms with Crippen LogP contribution in [0, 0.1) is 6.92 Å². The van der Waals surface area contributed by atoms with Crippen LogP contribution in [0.4, 0.5) is 23.1 Å². The summed E-state index contributed by atoms with van der Waals surface area (Å²) in [5.74, 6) is 2.76. The summed E-state index contributed by atoms with van der Waals surface area (Å²) >= 11 is 0. The number of nitrogens with one attached hydrogen (secondary N) is 1. The monoisotopic (exact) mass is 411 g/mol. The Balaban J connectivity index is 1.47. The Bertz CT molecular complexity index is 976. The van der Waals surface area contributed by atoms with Gasteiger partial charge < -0.3 is 29.3 Å². The predicted molar refractivity (Wildman–Crippen MR) is 112 cm³/mol. The fourth-order valence-electron chi connectivity index (χ4n) is 4.08. The van der Waals surface area contributed by atoms with Crippen LogP contribution in [0.15, 0.2) is 18.3 Å². The summed E-state index contributed by atoms with van der Waals surface area (Å²) in [4.78, 5) is 25.5. The van der Waals surface area contributed by atoms with Crippen LogP contribution in [-0.4, -0.2) is 61.9 Å². The smallest absolute Gasteiger partial charge is 0.246 e. The first kappa shape index (κ1) is 18.9. The van der Waals surface area contributed by atoms with Gasteiger partial charge in [-0.15, -0.1) is 0 Å². The van der Waals surface area contributed by atoms with Crippen LogP contribution in [-0.2, 0) is 9.53 Å². The lowest BCUT2D eigenvalue weighted by Crippen LogP contribution is -2.50. The van der Waals surface area contributed by atoms with Gasteiger partial charge in [-0.3, -0.25) is 4.79 Å². The number of nitrogens with zero attached hydrogens (tertiary/aromatic N) is 4. The minimum atomic E-state index is 0.0426. The van der Waals surface area contributed by atoms with E-state index in [-0.39, 0.29) is 11.9 Å². The molecule has 1 amide bonds. The maximum absolute atomic E-state index is 12.5. The van der Waals surface area contributed by atoms with Crippen LogP contribution in [0.2, 0.25) is 0 Å². The SMILES string of the molecule is Cc1cc2c(cc1Nc1ncc3c(n1)N(C1CCOCC1)CC(=O)N3C)OCCO2. The fourth-order valence-corrected chi connectivity index (χ4v) is 4.08. The molecule has 0 bridgehead atoms. The van der Waals surface area contributed by atoms with Gasteiger partial charge in [0.05, 0.1) is 12.7 Å². The zero-order chi connectivity index (χ0) is 20.7. The summed E-state index contributed by atoms with van der Waals surface area (Å²) in [5.41, 5.74) is 2.59. The number of rotatable bonds is 3. The average molecular weight is 411 g/mol. The van der Waals surface area contributed by atoms with Crippen molar-refractivity contribution >= 4 is 29.0 Å². The molecule has 3 aliphatic heterocycles. The number of aryl methyl sites for hydroxylation is 1. The lowest BCUT2D eigenvalue weighted by atomic mass is 10.1. The molecule has 1 saturated heterocycles. The number of aromatic nitrogens is 2. The molecule has 5 rings (SSSR count). The quantitative estimate of drug-likeness (QED) is 0.823. The van der Waals surface area contributed by atoms with Crippen LogP contribution in [0.5, 0.6) is 11.5 Å². The first-order chi connectivity index (χ1) is 14.6. The summed E-state index contributed by atoms with van der Waals surface area (Å²) in [6.45, 7) is 4.81. The van der Waals surface area contributed by atoms with E-state index < -0.39 is 0 Å². The first-order valence-electron chi connectivity index (χ1n) is 10.3. The van der Waals surface area contributed by atoms with Gasteiger partial charge in [0.2, 0.25) is 11.9 Å². The van der Waals surface area contributed by atoms with Crippen LogP contribution < -0.4 is 24.6 Å². The molecule has 3 aliphatic rings. The highest BCUT2D eigenvalue weighted by Gasteiger charge is 2.34. The van der Waals surface area contributed by atoms with Crippen LogP contribution in [0.25, 0.3) is 0 Å². The number of hydrogen-bond donors (Lipinski definition) is 1. The van der Waals surface area contributed by atoms with Crippen molar-refractivity contribution in [2.45, 2.75) is 25.8 Å². The van der Waals surface area contributed by atoms with Crippen LogP contribution in [0.3, 0.4) is 0 Å². The molecule has 9 nitrogen and oxygen atoms in total. The number of amides is 1. The molecule has 0 unspecified atom stereocenters. The van der Waals surface area contributed by atoms with Crippen molar-refractivity contribution in [3.63, 3.8) is 0 Å². The van der Waals surface area contributed by atoms with Crippen molar-refractivity contribution in [2.24, 2.45) is 0 Å². The molecule has 0 spiro atoms. The second-order valence-corrected chi connectivity index (χ2v) is 7.76. The molecular formula is C21H25N5O4. The Morgan fingerprint density at radius 2 is 1.83 bits per heavy atom. The van der Waals surface area contributed by atoms with Crippen molar-refractivity contribution < 1.29 is 19.0 Å². The summed E-state index contributed by atoms with van der Waals surface area (Å²) in [5, 5.41) is 3.31. The van der Waals surface area contributed by atoms with Crippen LogP contribution in [0.1, 0.15) is 18.4 Å². The zero-order valence-corrected chi connectivity index (χ0v) is 17.2. The molecule has 0 radical (unpaired) electrons. The van der Waals surface area contributed by atoms with E-state index >= 15 is 0 Å². The van der Waals surface area contributed by atoms with Crippen molar-refractivity contribution in [1.29, 1.82) is 0 Å². The highest BCUT2D eigenvalue weighted by atomic mass is 16.6. The Morgan fingerprint density at radius 1 is 1.10 bits per heavy atom. The van der Waals surface area contributed by atoms with E-state index in [1.807, 2.05) is 19.1 Å². The molecule has 0 saturated carbocycles. The summed E-state index contributed by atoms with van der Waals surface area (Å²) in [7, 11) is 1.77.